The third kappa shape index (κ3) is 3.17. The summed E-state index contributed by atoms with van der Waals surface area (Å²) < 4.78 is 7.78. The van der Waals surface area contributed by atoms with Crippen LogP contribution >= 0.6 is 0 Å². The van der Waals surface area contributed by atoms with Crippen molar-refractivity contribution in [3.05, 3.63) is 36.0 Å². The third-order valence-corrected chi connectivity index (χ3v) is 4.39. The fourth-order valence-electron chi connectivity index (χ4n) is 3.37. The number of hydrogen-bond donors (Lipinski definition) is 1. The Labute approximate surface area is 131 Å². The Balaban J connectivity index is 1.68. The van der Waals surface area contributed by atoms with Crippen molar-refractivity contribution in [1.29, 1.82) is 0 Å². The van der Waals surface area contributed by atoms with E-state index in [9.17, 15) is 4.79 Å². The fraction of sp³-hybridized carbons (Fsp3) is 0.500. The van der Waals surface area contributed by atoms with Crippen LogP contribution in [0.3, 0.4) is 0 Å². The van der Waals surface area contributed by atoms with Crippen molar-refractivity contribution in [3.8, 4) is 0 Å². The van der Waals surface area contributed by atoms with E-state index in [4.69, 9.17) is 4.74 Å². The monoisotopic (exact) mass is 300 g/mol. The van der Waals surface area contributed by atoms with E-state index in [0.717, 1.165) is 29.3 Å². The summed E-state index contributed by atoms with van der Waals surface area (Å²) in [5.41, 5.74) is 2.11. The quantitative estimate of drug-likeness (QED) is 0.947. The van der Waals surface area contributed by atoms with Gasteiger partial charge in [-0.05, 0) is 38.3 Å². The Morgan fingerprint density at radius 3 is 2.95 bits per heavy atom. The number of nitrogens with one attached hydrogen (secondary N) is 1. The van der Waals surface area contributed by atoms with E-state index < -0.39 is 0 Å². The van der Waals surface area contributed by atoms with Crippen LogP contribution in [0.15, 0.2) is 30.5 Å². The normalized spacial score (nSPS) is 21.0. The number of nitrogens with zero attached hydrogens (tertiary/aromatic N) is 1. The van der Waals surface area contributed by atoms with Gasteiger partial charge in [-0.2, -0.15) is 0 Å². The number of carbonyl (C=O) groups excluding carboxylic acids is 1. The molecule has 0 aliphatic carbocycles. The molecule has 4 heteroatoms. The molecule has 0 bridgehead atoms. The molecule has 0 unspecified atom stereocenters. The van der Waals surface area contributed by atoms with Crippen LogP contribution in [-0.4, -0.2) is 28.7 Å². The molecule has 1 N–H and O–H groups in total. The van der Waals surface area contributed by atoms with Gasteiger partial charge >= 0.3 is 0 Å². The summed E-state index contributed by atoms with van der Waals surface area (Å²) in [6.07, 6.45) is 4.25. The van der Waals surface area contributed by atoms with Gasteiger partial charge < -0.3 is 14.6 Å². The number of hydrogen-bond acceptors (Lipinski definition) is 2. The lowest BCUT2D eigenvalue weighted by molar-refractivity contribution is -0.123. The van der Waals surface area contributed by atoms with Gasteiger partial charge in [0.25, 0.3) is 0 Å². The highest BCUT2D eigenvalue weighted by atomic mass is 16.5. The summed E-state index contributed by atoms with van der Waals surface area (Å²) in [6.45, 7) is 4.87. The van der Waals surface area contributed by atoms with Crippen LogP contribution in [0.2, 0.25) is 0 Å². The molecule has 1 saturated heterocycles. The number of fused-ring (bicyclic) bond motifs is 1. The van der Waals surface area contributed by atoms with Gasteiger partial charge in [-0.3, -0.25) is 4.79 Å². The first kappa shape index (κ1) is 15.1. The predicted octanol–water partition coefficient (Wildman–Crippen LogP) is 2.79. The van der Waals surface area contributed by atoms with Crippen molar-refractivity contribution in [3.63, 3.8) is 0 Å². The van der Waals surface area contributed by atoms with Gasteiger partial charge in [0, 0.05) is 36.8 Å². The number of aryl methyl sites for hydroxylation is 1. The average molecular weight is 300 g/mol. The van der Waals surface area contributed by atoms with Gasteiger partial charge in [0.2, 0.25) is 5.91 Å². The molecule has 1 aromatic heterocycles. The standard InChI is InChI=1S/C18H24N2O2/c1-18(2)11-14(8-9-22-18)19-17(21)10-13-12-20(3)16-7-5-4-6-15(13)16/h4-7,12,14H,8-11H2,1-3H3,(H,19,21)/t14-/m1/s1. The summed E-state index contributed by atoms with van der Waals surface area (Å²) in [5.74, 6) is 0.0963. The lowest BCUT2D eigenvalue weighted by atomic mass is 9.94. The molecule has 1 aliphatic heterocycles. The van der Waals surface area contributed by atoms with Crippen LogP contribution in [0.1, 0.15) is 32.3 Å². The lowest BCUT2D eigenvalue weighted by Gasteiger charge is -2.35. The topological polar surface area (TPSA) is 43.3 Å². The fourth-order valence-corrected chi connectivity index (χ4v) is 3.37. The second-order valence-electron chi connectivity index (χ2n) is 6.82. The highest BCUT2D eigenvalue weighted by molar-refractivity contribution is 5.89. The molecule has 1 fully saturated rings. The molecule has 1 aromatic carbocycles. The summed E-state index contributed by atoms with van der Waals surface area (Å²) in [7, 11) is 2.02. The van der Waals surface area contributed by atoms with Crippen LogP contribution in [-0.2, 0) is 23.0 Å². The average Bonchev–Trinajstić information content (AvgIpc) is 2.75. The molecule has 1 amide bonds. The van der Waals surface area contributed by atoms with Crippen molar-refractivity contribution in [1.82, 2.24) is 9.88 Å². The van der Waals surface area contributed by atoms with E-state index in [1.54, 1.807) is 0 Å². The molecule has 0 saturated carbocycles. The summed E-state index contributed by atoms with van der Waals surface area (Å²) in [5, 5.41) is 4.33. The maximum Gasteiger partial charge on any atom is 0.224 e. The Bertz CT molecular complexity index is 687. The number of aromatic nitrogens is 1. The van der Waals surface area contributed by atoms with Crippen LogP contribution in [0.5, 0.6) is 0 Å². The van der Waals surface area contributed by atoms with Crippen LogP contribution in [0.4, 0.5) is 0 Å². The molecule has 1 aliphatic rings. The number of rotatable bonds is 3. The molecular formula is C18H24N2O2. The van der Waals surface area contributed by atoms with Crippen molar-refractivity contribution >= 4 is 16.8 Å². The molecule has 1 atom stereocenters. The summed E-state index contributed by atoms with van der Waals surface area (Å²) in [6, 6.07) is 8.42. The van der Waals surface area contributed by atoms with Crippen molar-refractivity contribution in [2.75, 3.05) is 6.61 Å². The highest BCUT2D eigenvalue weighted by Gasteiger charge is 2.29. The molecule has 22 heavy (non-hydrogen) atoms. The minimum Gasteiger partial charge on any atom is -0.375 e. The number of carbonyl (C=O) groups is 1. The van der Waals surface area contributed by atoms with Gasteiger partial charge in [0.05, 0.1) is 12.0 Å². The molecule has 3 rings (SSSR count). The van der Waals surface area contributed by atoms with Crippen LogP contribution in [0, 0.1) is 0 Å². The molecule has 0 radical (unpaired) electrons. The van der Waals surface area contributed by atoms with Gasteiger partial charge in [0.15, 0.2) is 0 Å². The van der Waals surface area contributed by atoms with Gasteiger partial charge in [0.1, 0.15) is 0 Å². The largest absolute Gasteiger partial charge is 0.375 e. The first-order valence-corrected chi connectivity index (χ1v) is 7.91. The first-order valence-electron chi connectivity index (χ1n) is 7.91. The van der Waals surface area contributed by atoms with E-state index in [0.29, 0.717) is 13.0 Å². The van der Waals surface area contributed by atoms with E-state index >= 15 is 0 Å². The SMILES string of the molecule is Cn1cc(CC(=O)N[C@@H]2CCOC(C)(C)C2)c2ccccc21. The maximum absolute atomic E-state index is 12.4. The predicted molar refractivity (Wildman–Crippen MR) is 87.8 cm³/mol. The number of benzene rings is 1. The van der Waals surface area contributed by atoms with Crippen LogP contribution < -0.4 is 5.32 Å². The van der Waals surface area contributed by atoms with Crippen molar-refractivity contribution in [2.45, 2.75) is 44.8 Å². The van der Waals surface area contributed by atoms with Crippen LogP contribution in [0.25, 0.3) is 10.9 Å². The van der Waals surface area contributed by atoms with E-state index in [1.165, 1.54) is 0 Å². The molecule has 0 spiro atoms. The smallest absolute Gasteiger partial charge is 0.224 e. The molecule has 2 aromatic rings. The molecule has 4 nitrogen and oxygen atoms in total. The van der Waals surface area contributed by atoms with Crippen molar-refractivity contribution < 1.29 is 9.53 Å². The second kappa shape index (κ2) is 5.76. The van der Waals surface area contributed by atoms with Gasteiger partial charge in [-0.1, -0.05) is 18.2 Å². The maximum atomic E-state index is 12.4. The minimum atomic E-state index is -0.143. The van der Waals surface area contributed by atoms with Gasteiger partial charge in [-0.25, -0.2) is 0 Å². The van der Waals surface area contributed by atoms with E-state index in [2.05, 4.69) is 42.1 Å². The third-order valence-electron chi connectivity index (χ3n) is 4.39. The second-order valence-corrected chi connectivity index (χ2v) is 6.82. The molecular weight excluding hydrogens is 276 g/mol. The lowest BCUT2D eigenvalue weighted by Crippen LogP contribution is -2.46. The Morgan fingerprint density at radius 2 is 2.18 bits per heavy atom. The minimum absolute atomic E-state index is 0.0963. The zero-order chi connectivity index (χ0) is 15.7. The number of ether oxygens (including phenoxy) is 1. The van der Waals surface area contributed by atoms with E-state index in [-0.39, 0.29) is 17.6 Å². The summed E-state index contributed by atoms with van der Waals surface area (Å²) in [4.78, 5) is 12.4. The van der Waals surface area contributed by atoms with Gasteiger partial charge in [-0.15, -0.1) is 0 Å². The van der Waals surface area contributed by atoms with Crippen molar-refractivity contribution in [2.24, 2.45) is 7.05 Å². The Morgan fingerprint density at radius 1 is 1.41 bits per heavy atom. The zero-order valence-corrected chi connectivity index (χ0v) is 13.6. The Hall–Kier alpha value is -1.81. The molecule has 2 heterocycles. The Kier molecular flexibility index (Phi) is 3.96. The number of amides is 1. The molecule has 118 valence electrons. The summed E-state index contributed by atoms with van der Waals surface area (Å²) >= 11 is 0. The van der Waals surface area contributed by atoms with E-state index in [1.807, 2.05) is 19.2 Å². The first-order chi connectivity index (χ1) is 10.4. The zero-order valence-electron chi connectivity index (χ0n) is 13.6. The number of para-hydroxylation sites is 1. The highest BCUT2D eigenvalue weighted by Crippen LogP contribution is 2.24.